The predicted octanol–water partition coefficient (Wildman–Crippen LogP) is 3.54. The second-order valence-corrected chi connectivity index (χ2v) is 7.31. The number of unbranched alkanes of at least 4 members (excludes halogenated alkanes) is 3. The van der Waals surface area contributed by atoms with Gasteiger partial charge in [-0.25, -0.2) is 9.13 Å². The molecule has 0 saturated carbocycles. The second-order valence-electron chi connectivity index (χ2n) is 7.31. The molecule has 0 amide bonds. The number of imidazole rings is 1. The number of hydrogen-bond acceptors (Lipinski definition) is 4. The Morgan fingerprint density at radius 1 is 1.03 bits per heavy atom. The first-order valence-corrected chi connectivity index (χ1v) is 10.4. The number of nitrogens with zero attached hydrogens (tertiary/aromatic N) is 2. The van der Waals surface area contributed by atoms with E-state index in [2.05, 4.69) is 17.6 Å². The molecule has 1 heterocycles. The number of fused-ring (bicyclic) bond motifs is 1. The highest BCUT2D eigenvalue weighted by Crippen LogP contribution is 2.19. The summed E-state index contributed by atoms with van der Waals surface area (Å²) in [6.07, 6.45) is 4.06. The third kappa shape index (κ3) is 5.21. The van der Waals surface area contributed by atoms with E-state index >= 15 is 0 Å². The standard InChI is InChI=1S/C23H31N3O3/c1-3-4-5-8-15-25-21-9-6-7-10-22(21)26(23(25)24)16-18(27)17-29-20-13-11-19(28-2)12-14-20/h6-7,9-14,18,24,27H,3-5,8,15-17H2,1-2H3/p+1/t18-/m0/s1. The van der Waals surface area contributed by atoms with Gasteiger partial charge in [-0.05, 0) is 42.8 Å². The maximum Gasteiger partial charge on any atom is 0.356 e. The van der Waals surface area contributed by atoms with Gasteiger partial charge in [0.1, 0.15) is 41.8 Å². The summed E-state index contributed by atoms with van der Waals surface area (Å²) in [5.41, 5.74) is 8.61. The van der Waals surface area contributed by atoms with Crippen molar-refractivity contribution in [2.45, 2.75) is 51.8 Å². The number of nitrogen functional groups attached to an aromatic ring is 1. The summed E-state index contributed by atoms with van der Waals surface area (Å²) in [5.74, 6) is 2.14. The van der Waals surface area contributed by atoms with Crippen LogP contribution in [0.1, 0.15) is 32.6 Å². The van der Waals surface area contributed by atoms with Gasteiger partial charge in [0.15, 0.2) is 0 Å². The van der Waals surface area contributed by atoms with E-state index in [1.54, 1.807) is 7.11 Å². The summed E-state index contributed by atoms with van der Waals surface area (Å²) in [4.78, 5) is 0. The van der Waals surface area contributed by atoms with Gasteiger partial charge in [-0.2, -0.15) is 0 Å². The molecule has 156 valence electrons. The van der Waals surface area contributed by atoms with Crippen molar-refractivity contribution < 1.29 is 19.1 Å². The van der Waals surface area contributed by atoms with Crippen LogP contribution in [0.4, 0.5) is 5.95 Å². The number of benzene rings is 2. The van der Waals surface area contributed by atoms with E-state index in [0.29, 0.717) is 18.2 Å². The first kappa shape index (κ1) is 21.0. The molecule has 0 aliphatic carbocycles. The van der Waals surface area contributed by atoms with Crippen LogP contribution in [-0.4, -0.2) is 29.5 Å². The summed E-state index contributed by atoms with van der Waals surface area (Å²) in [6.45, 7) is 3.67. The van der Waals surface area contributed by atoms with Crippen molar-refractivity contribution in [2.24, 2.45) is 0 Å². The van der Waals surface area contributed by atoms with E-state index in [4.69, 9.17) is 15.2 Å². The highest BCUT2D eigenvalue weighted by atomic mass is 16.5. The van der Waals surface area contributed by atoms with E-state index in [-0.39, 0.29) is 6.61 Å². The molecule has 6 heteroatoms. The number of anilines is 1. The van der Waals surface area contributed by atoms with E-state index in [1.807, 2.05) is 47.0 Å². The molecule has 6 nitrogen and oxygen atoms in total. The molecule has 29 heavy (non-hydrogen) atoms. The quantitative estimate of drug-likeness (QED) is 0.383. The molecule has 0 aliphatic rings. The maximum absolute atomic E-state index is 10.6. The molecule has 0 unspecified atom stereocenters. The van der Waals surface area contributed by atoms with E-state index in [9.17, 15) is 5.11 Å². The fourth-order valence-electron chi connectivity index (χ4n) is 3.56. The molecule has 1 atom stereocenters. The molecule has 3 N–H and O–H groups in total. The van der Waals surface area contributed by atoms with Gasteiger partial charge >= 0.3 is 5.95 Å². The summed E-state index contributed by atoms with van der Waals surface area (Å²) in [6, 6.07) is 15.5. The molecule has 0 saturated heterocycles. The number of methoxy groups -OCH3 is 1. The van der Waals surface area contributed by atoms with Gasteiger partial charge < -0.3 is 14.6 Å². The van der Waals surface area contributed by atoms with Crippen molar-refractivity contribution >= 4 is 17.0 Å². The second kappa shape index (κ2) is 10.2. The van der Waals surface area contributed by atoms with Crippen molar-refractivity contribution in [3.8, 4) is 11.5 Å². The average Bonchev–Trinajstić information content (AvgIpc) is 3.01. The molecule has 0 bridgehead atoms. The van der Waals surface area contributed by atoms with Gasteiger partial charge in [0.05, 0.1) is 13.7 Å². The fraction of sp³-hybridized carbons (Fsp3) is 0.435. The van der Waals surface area contributed by atoms with Gasteiger partial charge in [0, 0.05) is 0 Å². The van der Waals surface area contributed by atoms with E-state index in [1.165, 1.54) is 19.3 Å². The Morgan fingerprint density at radius 2 is 1.76 bits per heavy atom. The van der Waals surface area contributed by atoms with Crippen LogP contribution >= 0.6 is 0 Å². The minimum Gasteiger partial charge on any atom is -0.497 e. The van der Waals surface area contributed by atoms with Crippen molar-refractivity contribution in [2.75, 3.05) is 19.5 Å². The van der Waals surface area contributed by atoms with Crippen LogP contribution in [0.2, 0.25) is 0 Å². The Morgan fingerprint density at radius 3 is 2.48 bits per heavy atom. The average molecular weight is 399 g/mol. The highest BCUT2D eigenvalue weighted by Gasteiger charge is 2.22. The fourth-order valence-corrected chi connectivity index (χ4v) is 3.56. The van der Waals surface area contributed by atoms with Crippen LogP contribution in [0.25, 0.3) is 11.0 Å². The summed E-state index contributed by atoms with van der Waals surface area (Å²) in [7, 11) is 1.63. The van der Waals surface area contributed by atoms with Crippen LogP contribution in [0.3, 0.4) is 0 Å². The monoisotopic (exact) mass is 398 g/mol. The van der Waals surface area contributed by atoms with E-state index < -0.39 is 6.10 Å². The molecule has 0 spiro atoms. The molecular formula is C23H32N3O3+. The Bertz CT molecular complexity index is 906. The molecule has 0 radical (unpaired) electrons. The molecule has 1 aromatic heterocycles. The zero-order valence-electron chi connectivity index (χ0n) is 17.4. The summed E-state index contributed by atoms with van der Waals surface area (Å²) < 4.78 is 15.0. The highest BCUT2D eigenvalue weighted by molar-refractivity contribution is 5.73. The smallest absolute Gasteiger partial charge is 0.356 e. The molecule has 2 aromatic carbocycles. The number of nitrogens with two attached hydrogens (primary N) is 1. The lowest BCUT2D eigenvalue weighted by molar-refractivity contribution is -0.665. The first-order chi connectivity index (χ1) is 14.1. The number of aliphatic hydroxyl groups excluding tert-OH is 1. The van der Waals surface area contributed by atoms with E-state index in [0.717, 1.165) is 29.7 Å². The molecule has 0 aliphatic heterocycles. The number of hydrogen-bond donors (Lipinski definition) is 2. The van der Waals surface area contributed by atoms with Crippen LogP contribution in [-0.2, 0) is 13.1 Å². The minimum absolute atomic E-state index is 0.189. The SMILES string of the molecule is CCCCCCn1c(N)[n+](C[C@H](O)COc2ccc(OC)cc2)c2ccccc21. The normalized spacial score (nSPS) is 12.2. The van der Waals surface area contributed by atoms with Crippen molar-refractivity contribution in [1.29, 1.82) is 0 Å². The number of rotatable bonds is 11. The largest absolute Gasteiger partial charge is 0.497 e. The van der Waals surface area contributed by atoms with Crippen molar-refractivity contribution in [3.63, 3.8) is 0 Å². The maximum atomic E-state index is 10.6. The van der Waals surface area contributed by atoms with Gasteiger partial charge in [0.2, 0.25) is 0 Å². The van der Waals surface area contributed by atoms with Gasteiger partial charge in [0.25, 0.3) is 0 Å². The Kier molecular flexibility index (Phi) is 7.36. The third-order valence-electron chi connectivity index (χ3n) is 5.15. The predicted molar refractivity (Wildman–Crippen MR) is 115 cm³/mol. The lowest BCUT2D eigenvalue weighted by Crippen LogP contribution is -2.43. The molecule has 3 rings (SSSR count). The number of aromatic nitrogens is 2. The number of ether oxygens (including phenoxy) is 2. The van der Waals surface area contributed by atoms with Gasteiger partial charge in [-0.15, -0.1) is 0 Å². The Hall–Kier alpha value is -2.73. The van der Waals surface area contributed by atoms with Crippen molar-refractivity contribution in [3.05, 3.63) is 48.5 Å². The van der Waals surface area contributed by atoms with Gasteiger partial charge in [-0.1, -0.05) is 38.3 Å². The summed E-state index contributed by atoms with van der Waals surface area (Å²) >= 11 is 0. The molecule has 0 fully saturated rings. The topological polar surface area (TPSA) is 73.5 Å². The van der Waals surface area contributed by atoms with Crippen LogP contribution in [0.5, 0.6) is 11.5 Å². The number of aliphatic hydroxyl groups is 1. The summed E-state index contributed by atoms with van der Waals surface area (Å²) in [5, 5.41) is 10.6. The Balaban J connectivity index is 1.68. The van der Waals surface area contributed by atoms with Crippen LogP contribution in [0, 0.1) is 0 Å². The van der Waals surface area contributed by atoms with Crippen LogP contribution < -0.4 is 19.8 Å². The van der Waals surface area contributed by atoms with Crippen molar-refractivity contribution in [1.82, 2.24) is 4.57 Å². The molecule has 3 aromatic rings. The molecular weight excluding hydrogens is 366 g/mol. The number of aryl methyl sites for hydroxylation is 1. The zero-order chi connectivity index (χ0) is 20.6. The van der Waals surface area contributed by atoms with Gasteiger partial charge in [-0.3, -0.25) is 5.73 Å². The lowest BCUT2D eigenvalue weighted by Gasteiger charge is -2.12. The zero-order valence-corrected chi connectivity index (χ0v) is 17.4. The minimum atomic E-state index is -0.677. The third-order valence-corrected chi connectivity index (χ3v) is 5.15. The Labute approximate surface area is 172 Å². The lowest BCUT2D eigenvalue weighted by atomic mass is 10.2. The number of para-hydroxylation sites is 2. The van der Waals surface area contributed by atoms with Crippen LogP contribution in [0.15, 0.2) is 48.5 Å². The first-order valence-electron chi connectivity index (χ1n) is 10.4.